The number of benzene rings is 1. The van der Waals surface area contributed by atoms with E-state index in [0.29, 0.717) is 0 Å². The average molecular weight is 623 g/mol. The highest BCUT2D eigenvalue weighted by atomic mass is 32.1. The number of rotatable bonds is 4. The number of thiophene rings is 6. The number of fused-ring (bicyclic) bond motifs is 6. The first kappa shape index (κ1) is 24.1. The molecule has 0 aliphatic heterocycles. The Bertz CT molecular complexity index is 1940. The molecule has 6 aromatic heterocycles. The lowest BCUT2D eigenvalue weighted by atomic mass is 10.0. The topological polar surface area (TPSA) is 0 Å². The zero-order valence-electron chi connectivity index (χ0n) is 21.8. The molecular weight excluding hydrogens is 601 g/mol. The first-order valence-corrected chi connectivity index (χ1v) is 18.2. The van der Waals surface area contributed by atoms with Gasteiger partial charge in [-0.15, -0.1) is 68.0 Å². The maximum absolute atomic E-state index is 2.51. The van der Waals surface area contributed by atoms with Gasteiger partial charge in [0.25, 0.3) is 0 Å². The molecule has 0 saturated carbocycles. The van der Waals surface area contributed by atoms with E-state index in [4.69, 9.17) is 0 Å². The van der Waals surface area contributed by atoms with Gasteiger partial charge in [-0.3, -0.25) is 0 Å². The van der Waals surface area contributed by atoms with E-state index in [-0.39, 0.29) is 0 Å². The van der Waals surface area contributed by atoms with Gasteiger partial charge >= 0.3 is 0 Å². The highest BCUT2D eigenvalue weighted by Gasteiger charge is 2.29. The highest BCUT2D eigenvalue weighted by Crippen LogP contribution is 2.53. The minimum Gasteiger partial charge on any atom is -0.140 e. The normalized spacial score (nSPS) is 13.1. The second-order valence-electron chi connectivity index (χ2n) is 10.6. The molecule has 0 spiro atoms. The molecule has 2 aliphatic carbocycles. The van der Waals surface area contributed by atoms with Crippen LogP contribution in [-0.4, -0.2) is 0 Å². The van der Waals surface area contributed by atoms with E-state index < -0.39 is 0 Å². The fourth-order valence-electron chi connectivity index (χ4n) is 5.97. The third-order valence-corrected chi connectivity index (χ3v) is 15.2. The van der Waals surface area contributed by atoms with Gasteiger partial charge in [-0.25, -0.2) is 0 Å². The molecule has 0 bridgehead atoms. The van der Waals surface area contributed by atoms with Crippen LogP contribution in [0.2, 0.25) is 0 Å². The minimum atomic E-state index is 1.05. The molecule has 0 amide bonds. The van der Waals surface area contributed by atoms with Gasteiger partial charge < -0.3 is 0 Å². The Morgan fingerprint density at radius 1 is 0.375 bits per heavy atom. The fraction of sp³-hybridized carbons (Fsp3) is 0.118. The van der Waals surface area contributed by atoms with Crippen LogP contribution >= 0.6 is 68.0 Å². The Hall–Kier alpha value is -2.58. The van der Waals surface area contributed by atoms with Gasteiger partial charge in [0.2, 0.25) is 0 Å². The molecule has 2 aliphatic rings. The molecular formula is C34H22S6. The molecule has 0 saturated heterocycles. The lowest BCUT2D eigenvalue weighted by Crippen LogP contribution is -1.86. The summed E-state index contributed by atoms with van der Waals surface area (Å²) in [7, 11) is 0. The van der Waals surface area contributed by atoms with E-state index in [1.807, 2.05) is 68.0 Å². The minimum absolute atomic E-state index is 1.05. The lowest BCUT2D eigenvalue weighted by molar-refractivity contribution is 1.24. The Labute approximate surface area is 257 Å². The summed E-state index contributed by atoms with van der Waals surface area (Å²) in [6.07, 6.45) is 2.11. The third kappa shape index (κ3) is 3.78. The van der Waals surface area contributed by atoms with Crippen LogP contribution in [0.25, 0.3) is 59.9 Å². The smallest absolute Gasteiger partial charge is 0.0452 e. The van der Waals surface area contributed by atoms with Gasteiger partial charge in [-0.2, -0.15) is 0 Å². The summed E-state index contributed by atoms with van der Waals surface area (Å²) < 4.78 is 0. The number of aryl methyl sites for hydroxylation is 2. The molecule has 0 atom stereocenters. The highest BCUT2D eigenvalue weighted by molar-refractivity contribution is 7.28. The zero-order valence-corrected chi connectivity index (χ0v) is 26.7. The lowest BCUT2D eigenvalue weighted by Gasteiger charge is -2.06. The Morgan fingerprint density at radius 2 is 0.750 bits per heavy atom. The van der Waals surface area contributed by atoms with E-state index in [1.165, 1.54) is 91.9 Å². The summed E-state index contributed by atoms with van der Waals surface area (Å²) in [6.45, 7) is 4.37. The molecule has 0 nitrogen and oxygen atoms in total. The van der Waals surface area contributed by atoms with Crippen LogP contribution in [0.4, 0.5) is 0 Å². The molecule has 194 valence electrons. The van der Waals surface area contributed by atoms with Crippen LogP contribution in [0.5, 0.6) is 0 Å². The number of hydrogen-bond acceptors (Lipinski definition) is 6. The Balaban J connectivity index is 1.02. The summed E-state index contributed by atoms with van der Waals surface area (Å²) in [5.41, 5.74) is 8.95. The van der Waals surface area contributed by atoms with Crippen molar-refractivity contribution in [2.45, 2.75) is 26.7 Å². The molecule has 0 N–H and O–H groups in total. The molecule has 0 fully saturated rings. The predicted molar refractivity (Wildman–Crippen MR) is 181 cm³/mol. The van der Waals surface area contributed by atoms with Crippen LogP contribution in [0.3, 0.4) is 0 Å². The zero-order chi connectivity index (χ0) is 26.5. The molecule has 6 heteroatoms. The summed E-state index contributed by atoms with van der Waals surface area (Å²) in [5, 5.41) is 0. The van der Waals surface area contributed by atoms with Crippen molar-refractivity contribution in [2.75, 3.05) is 0 Å². The first-order chi connectivity index (χ1) is 19.6. The van der Waals surface area contributed by atoms with E-state index >= 15 is 0 Å². The van der Waals surface area contributed by atoms with Crippen molar-refractivity contribution in [3.63, 3.8) is 0 Å². The van der Waals surface area contributed by atoms with Crippen molar-refractivity contribution >= 4 is 68.0 Å². The largest absolute Gasteiger partial charge is 0.140 e. The predicted octanol–water partition coefficient (Wildman–Crippen LogP) is 12.5. The van der Waals surface area contributed by atoms with Gasteiger partial charge in [0.15, 0.2) is 0 Å². The van der Waals surface area contributed by atoms with Crippen molar-refractivity contribution < 1.29 is 0 Å². The van der Waals surface area contributed by atoms with Crippen molar-refractivity contribution in [1.82, 2.24) is 0 Å². The summed E-state index contributed by atoms with van der Waals surface area (Å²) in [4.78, 5) is 16.9. The molecule has 6 heterocycles. The van der Waals surface area contributed by atoms with E-state index in [2.05, 4.69) is 86.6 Å². The number of hydrogen-bond donors (Lipinski definition) is 0. The first-order valence-electron chi connectivity index (χ1n) is 13.3. The SMILES string of the molecule is Cc1ccc(-c2ccc(-c3cc4c(s3)-c3cc5c(cc3C4)-c3sc(-c4ccc(-c6ccc(C)s6)s4)cc3C5)s2)s1. The molecule has 9 rings (SSSR count). The van der Waals surface area contributed by atoms with Gasteiger partial charge in [0, 0.05) is 58.5 Å². The van der Waals surface area contributed by atoms with E-state index in [0.717, 1.165) is 12.8 Å². The average Bonchev–Trinajstić information content (AvgIpc) is 3.74. The standard InChI is InChI=1S/C34H22S6/c1-17-3-5-25(35-17)27-7-9-29(37-27)31-15-21-11-19-14-24-20(13-23(19)33(21)39-31)12-22-16-32(40-34(22)24)30-10-8-28(38-30)26-6-4-18(2)36-26/h3-10,13-16H,11-12H2,1-2H3. The Morgan fingerprint density at radius 3 is 1.15 bits per heavy atom. The van der Waals surface area contributed by atoms with Gasteiger partial charge in [0.1, 0.15) is 0 Å². The fourth-order valence-corrected chi connectivity index (χ4v) is 12.5. The second kappa shape index (κ2) is 8.96. The molecule has 1 aromatic carbocycles. The van der Waals surface area contributed by atoms with Crippen LogP contribution in [-0.2, 0) is 12.8 Å². The van der Waals surface area contributed by atoms with Crippen molar-refractivity contribution in [1.29, 1.82) is 0 Å². The Kier molecular flexibility index (Phi) is 5.39. The van der Waals surface area contributed by atoms with Crippen LogP contribution in [0.15, 0.2) is 72.8 Å². The molecule has 7 aromatic rings. The summed E-state index contributed by atoms with van der Waals surface area (Å²) in [5.74, 6) is 0. The second-order valence-corrected chi connectivity index (χ2v) is 17.4. The monoisotopic (exact) mass is 622 g/mol. The van der Waals surface area contributed by atoms with Crippen molar-refractivity contribution in [3.8, 4) is 59.9 Å². The van der Waals surface area contributed by atoms with Gasteiger partial charge in [0.05, 0.1) is 0 Å². The van der Waals surface area contributed by atoms with Gasteiger partial charge in [-0.1, -0.05) is 0 Å². The maximum Gasteiger partial charge on any atom is 0.0452 e. The van der Waals surface area contributed by atoms with Crippen LogP contribution in [0.1, 0.15) is 32.0 Å². The van der Waals surface area contributed by atoms with E-state index in [1.54, 1.807) is 0 Å². The quantitative estimate of drug-likeness (QED) is 0.183. The van der Waals surface area contributed by atoms with Crippen molar-refractivity contribution in [3.05, 3.63) is 105 Å². The van der Waals surface area contributed by atoms with Crippen LogP contribution in [0, 0.1) is 13.8 Å². The van der Waals surface area contributed by atoms with Gasteiger partial charge in [-0.05, 0) is 133 Å². The van der Waals surface area contributed by atoms with Crippen molar-refractivity contribution in [2.24, 2.45) is 0 Å². The summed E-state index contributed by atoms with van der Waals surface area (Å²) in [6, 6.07) is 28.1. The molecule has 0 unspecified atom stereocenters. The third-order valence-electron chi connectivity index (χ3n) is 7.86. The summed E-state index contributed by atoms with van der Waals surface area (Å²) >= 11 is 11.6. The van der Waals surface area contributed by atoms with E-state index in [9.17, 15) is 0 Å². The maximum atomic E-state index is 2.51. The molecule has 40 heavy (non-hydrogen) atoms. The van der Waals surface area contributed by atoms with Crippen LogP contribution < -0.4 is 0 Å². The molecule has 0 radical (unpaired) electrons.